The third-order valence-corrected chi connectivity index (χ3v) is 4.81. The lowest BCUT2D eigenvalue weighted by molar-refractivity contribution is -0.148. The first-order chi connectivity index (χ1) is 15.9. The molecule has 1 aromatic heterocycles. The predicted molar refractivity (Wildman–Crippen MR) is 111 cm³/mol. The fourth-order valence-electron chi connectivity index (χ4n) is 3.13. The molecule has 0 bridgehead atoms. The van der Waals surface area contributed by atoms with Gasteiger partial charge in [-0.1, -0.05) is 6.07 Å². The minimum Gasteiger partial charge on any atom is -0.493 e. The zero-order valence-corrected chi connectivity index (χ0v) is 17.7. The summed E-state index contributed by atoms with van der Waals surface area (Å²) < 4.78 is 44.2. The molecule has 11 heteroatoms. The summed E-state index contributed by atoms with van der Waals surface area (Å²) in [6.45, 7) is -2.14. The number of benzene rings is 1. The molecular weight excluding hydrogens is 442 g/mol. The number of ether oxygens (including phenoxy) is 3. The van der Waals surface area contributed by atoms with Crippen LogP contribution in [0.2, 0.25) is 0 Å². The highest BCUT2D eigenvalue weighted by Gasteiger charge is 2.26. The highest BCUT2D eigenvalue weighted by molar-refractivity contribution is 5.92. The van der Waals surface area contributed by atoms with E-state index < -0.39 is 19.2 Å². The molecular formula is C22H22F2N2O7. The van der Waals surface area contributed by atoms with Gasteiger partial charge in [0.1, 0.15) is 0 Å². The summed E-state index contributed by atoms with van der Waals surface area (Å²) >= 11 is 0. The van der Waals surface area contributed by atoms with E-state index in [1.165, 1.54) is 42.5 Å². The number of hydrogen-bond acceptors (Lipinski definition) is 7. The molecule has 2 amide bonds. The van der Waals surface area contributed by atoms with Gasteiger partial charge in [-0.3, -0.25) is 9.59 Å². The first-order valence-electron chi connectivity index (χ1n) is 9.95. The van der Waals surface area contributed by atoms with Gasteiger partial charge < -0.3 is 28.4 Å². The van der Waals surface area contributed by atoms with Gasteiger partial charge >= 0.3 is 12.6 Å². The molecule has 0 saturated carbocycles. The van der Waals surface area contributed by atoms with Crippen molar-refractivity contribution < 1.29 is 41.8 Å². The van der Waals surface area contributed by atoms with E-state index in [1.54, 1.807) is 17.0 Å². The van der Waals surface area contributed by atoms with E-state index in [0.717, 1.165) is 6.08 Å². The summed E-state index contributed by atoms with van der Waals surface area (Å²) in [6, 6.07) is 7.36. The number of hydrogen-bond donors (Lipinski definition) is 0. The van der Waals surface area contributed by atoms with Crippen LogP contribution in [-0.2, 0) is 14.3 Å². The topological polar surface area (TPSA) is 98.5 Å². The molecule has 1 fully saturated rings. The fourth-order valence-corrected chi connectivity index (χ4v) is 3.13. The Balaban J connectivity index is 1.44. The van der Waals surface area contributed by atoms with E-state index in [2.05, 4.69) is 4.74 Å². The second kappa shape index (κ2) is 11.1. The number of piperazine rings is 1. The quantitative estimate of drug-likeness (QED) is 0.437. The maximum absolute atomic E-state index is 12.4. The van der Waals surface area contributed by atoms with Gasteiger partial charge in [0.25, 0.3) is 11.8 Å². The van der Waals surface area contributed by atoms with Gasteiger partial charge in [0, 0.05) is 32.3 Å². The summed E-state index contributed by atoms with van der Waals surface area (Å²) in [6.07, 6.45) is 3.92. The van der Waals surface area contributed by atoms with Crippen LogP contribution in [-0.4, -0.2) is 74.1 Å². The van der Waals surface area contributed by atoms with Crippen LogP contribution in [0.5, 0.6) is 11.5 Å². The van der Waals surface area contributed by atoms with Crippen LogP contribution in [0, 0.1) is 0 Å². The number of halogens is 2. The highest BCUT2D eigenvalue weighted by atomic mass is 19.3. The SMILES string of the molecule is COc1cc(/C=C/C(=O)OCC(=O)N2CCN(C(=O)c3ccco3)CC2)ccc1OC(F)F. The van der Waals surface area contributed by atoms with E-state index in [9.17, 15) is 23.2 Å². The van der Waals surface area contributed by atoms with Gasteiger partial charge in [0.15, 0.2) is 23.9 Å². The summed E-state index contributed by atoms with van der Waals surface area (Å²) in [5, 5.41) is 0. The lowest BCUT2D eigenvalue weighted by Crippen LogP contribution is -2.51. The Labute approximate surface area is 188 Å². The zero-order valence-electron chi connectivity index (χ0n) is 17.7. The van der Waals surface area contributed by atoms with Crippen LogP contribution in [0.3, 0.4) is 0 Å². The molecule has 2 aromatic rings. The third-order valence-electron chi connectivity index (χ3n) is 4.81. The molecule has 1 aliphatic rings. The fraction of sp³-hybridized carbons (Fsp3) is 0.318. The minimum absolute atomic E-state index is 0.0747. The molecule has 9 nitrogen and oxygen atoms in total. The first-order valence-corrected chi connectivity index (χ1v) is 9.95. The number of furan rings is 1. The van der Waals surface area contributed by atoms with Crippen LogP contribution in [0.25, 0.3) is 6.08 Å². The van der Waals surface area contributed by atoms with E-state index >= 15 is 0 Å². The van der Waals surface area contributed by atoms with Gasteiger partial charge in [0.05, 0.1) is 13.4 Å². The molecule has 1 aromatic carbocycles. The van der Waals surface area contributed by atoms with E-state index in [0.29, 0.717) is 31.7 Å². The van der Waals surface area contributed by atoms with Crippen molar-refractivity contribution in [2.45, 2.75) is 6.61 Å². The van der Waals surface area contributed by atoms with Crippen LogP contribution < -0.4 is 9.47 Å². The second-order valence-corrected chi connectivity index (χ2v) is 6.88. The summed E-state index contributed by atoms with van der Waals surface area (Å²) in [7, 11) is 1.30. The molecule has 0 radical (unpaired) electrons. The third kappa shape index (κ3) is 6.55. The number of carbonyl (C=O) groups excluding carboxylic acids is 3. The number of esters is 1. The lowest BCUT2D eigenvalue weighted by Gasteiger charge is -2.34. The molecule has 176 valence electrons. The number of rotatable bonds is 8. The predicted octanol–water partition coefficient (Wildman–Crippen LogP) is 2.43. The Morgan fingerprint density at radius 1 is 1.09 bits per heavy atom. The zero-order chi connectivity index (χ0) is 23.8. The van der Waals surface area contributed by atoms with Crippen molar-refractivity contribution in [2.24, 2.45) is 0 Å². The van der Waals surface area contributed by atoms with Crippen LogP contribution in [0.1, 0.15) is 16.1 Å². The summed E-state index contributed by atoms with van der Waals surface area (Å²) in [5.74, 6) is -1.19. The van der Waals surface area contributed by atoms with Crippen LogP contribution in [0.4, 0.5) is 8.78 Å². The molecule has 3 rings (SSSR count). The molecule has 2 heterocycles. The Morgan fingerprint density at radius 2 is 1.82 bits per heavy atom. The average molecular weight is 464 g/mol. The van der Waals surface area contributed by atoms with Crippen molar-refractivity contribution in [3.63, 3.8) is 0 Å². The number of carbonyl (C=O) groups is 3. The largest absolute Gasteiger partial charge is 0.493 e. The molecule has 0 unspecified atom stereocenters. The highest BCUT2D eigenvalue weighted by Crippen LogP contribution is 2.29. The molecule has 0 N–H and O–H groups in total. The van der Waals surface area contributed by atoms with Gasteiger partial charge in [-0.2, -0.15) is 8.78 Å². The monoisotopic (exact) mass is 464 g/mol. The van der Waals surface area contributed by atoms with Crippen molar-refractivity contribution in [1.29, 1.82) is 0 Å². The Hall–Kier alpha value is -3.89. The van der Waals surface area contributed by atoms with Crippen molar-refractivity contribution >= 4 is 23.9 Å². The van der Waals surface area contributed by atoms with Crippen LogP contribution in [0.15, 0.2) is 47.1 Å². The lowest BCUT2D eigenvalue weighted by atomic mass is 10.2. The standard InChI is InChI=1S/C22H22F2N2O7/c1-30-18-13-15(4-6-16(18)33-22(23)24)5-7-20(28)32-14-19(27)25-8-10-26(11-9-25)21(29)17-3-2-12-31-17/h2-7,12-13,22H,8-11,14H2,1H3/b7-5+. The number of nitrogens with zero attached hydrogens (tertiary/aromatic N) is 2. The Bertz CT molecular complexity index is 1000. The molecule has 0 spiro atoms. The second-order valence-electron chi connectivity index (χ2n) is 6.88. The van der Waals surface area contributed by atoms with Gasteiger partial charge in [-0.15, -0.1) is 0 Å². The number of amides is 2. The van der Waals surface area contributed by atoms with Gasteiger partial charge in [0.2, 0.25) is 0 Å². The molecule has 1 saturated heterocycles. The van der Waals surface area contributed by atoms with Crippen molar-refractivity contribution in [3.8, 4) is 11.5 Å². The molecule has 0 atom stereocenters. The van der Waals surface area contributed by atoms with E-state index in [1.807, 2.05) is 0 Å². The van der Waals surface area contributed by atoms with Crippen molar-refractivity contribution in [3.05, 3.63) is 54.0 Å². The number of alkyl halides is 2. The van der Waals surface area contributed by atoms with Crippen molar-refractivity contribution in [1.82, 2.24) is 9.80 Å². The van der Waals surface area contributed by atoms with Crippen LogP contribution >= 0.6 is 0 Å². The maximum Gasteiger partial charge on any atom is 0.387 e. The maximum atomic E-state index is 12.4. The van der Waals surface area contributed by atoms with Crippen molar-refractivity contribution in [2.75, 3.05) is 39.9 Å². The normalized spacial score (nSPS) is 13.9. The summed E-state index contributed by atoms with van der Waals surface area (Å²) in [5.41, 5.74) is 0.481. The summed E-state index contributed by atoms with van der Waals surface area (Å²) in [4.78, 5) is 39.6. The Kier molecular flexibility index (Phi) is 8.01. The first kappa shape index (κ1) is 23.8. The molecule has 0 aliphatic carbocycles. The number of methoxy groups -OCH3 is 1. The van der Waals surface area contributed by atoms with E-state index in [-0.39, 0.29) is 29.1 Å². The molecule has 33 heavy (non-hydrogen) atoms. The smallest absolute Gasteiger partial charge is 0.387 e. The van der Waals surface area contributed by atoms with Gasteiger partial charge in [-0.25, -0.2) is 4.79 Å². The van der Waals surface area contributed by atoms with Gasteiger partial charge in [-0.05, 0) is 35.9 Å². The molecule has 1 aliphatic heterocycles. The minimum atomic E-state index is -2.99. The van der Waals surface area contributed by atoms with E-state index in [4.69, 9.17) is 13.9 Å². The average Bonchev–Trinajstić information content (AvgIpc) is 3.36. The Morgan fingerprint density at radius 3 is 2.45 bits per heavy atom.